The first-order valence-corrected chi connectivity index (χ1v) is 7.26. The molecule has 1 aliphatic rings. The fourth-order valence-corrected chi connectivity index (χ4v) is 2.68. The third-order valence-electron chi connectivity index (χ3n) is 3.59. The van der Waals surface area contributed by atoms with Crippen molar-refractivity contribution in [3.63, 3.8) is 0 Å². The summed E-state index contributed by atoms with van der Waals surface area (Å²) >= 11 is 0. The van der Waals surface area contributed by atoms with E-state index in [4.69, 9.17) is 4.74 Å². The summed E-state index contributed by atoms with van der Waals surface area (Å²) in [5.41, 5.74) is 3.80. The van der Waals surface area contributed by atoms with Gasteiger partial charge in [0.1, 0.15) is 6.04 Å². The van der Waals surface area contributed by atoms with Gasteiger partial charge in [0.05, 0.1) is 12.7 Å². The number of amides is 1. The summed E-state index contributed by atoms with van der Waals surface area (Å²) in [6.07, 6.45) is 0.793. The lowest BCUT2D eigenvalue weighted by atomic mass is 10.0. The van der Waals surface area contributed by atoms with Crippen LogP contribution in [0, 0.1) is 13.8 Å². The molecule has 2 N–H and O–H groups in total. The molecule has 0 aliphatic carbocycles. The zero-order valence-corrected chi connectivity index (χ0v) is 13.8. The van der Waals surface area contributed by atoms with Gasteiger partial charge in [-0.25, -0.2) is 0 Å². The summed E-state index contributed by atoms with van der Waals surface area (Å²) in [6, 6.07) is 6.27. The van der Waals surface area contributed by atoms with E-state index in [1.165, 1.54) is 16.7 Å². The normalized spacial score (nSPS) is 21.5. The number of morpholine rings is 1. The lowest BCUT2D eigenvalue weighted by Gasteiger charge is -2.29. The number of carbonyl (C=O) groups is 1. The Kier molecular flexibility index (Phi) is 7.15. The highest BCUT2D eigenvalue weighted by Crippen LogP contribution is 2.09. The van der Waals surface area contributed by atoms with E-state index >= 15 is 0 Å². The van der Waals surface area contributed by atoms with Crippen molar-refractivity contribution in [1.29, 1.82) is 0 Å². The highest BCUT2D eigenvalue weighted by atomic mass is 35.5. The number of aryl methyl sites for hydroxylation is 2. The number of nitrogens with one attached hydrogen (secondary N) is 2. The molecule has 118 valence electrons. The van der Waals surface area contributed by atoms with E-state index in [-0.39, 0.29) is 30.5 Å². The number of carbonyl (C=O) groups excluding carboxylic acids is 1. The van der Waals surface area contributed by atoms with E-state index in [9.17, 15) is 4.79 Å². The molecule has 1 aliphatic heterocycles. The maximum atomic E-state index is 12.1. The van der Waals surface area contributed by atoms with Gasteiger partial charge in [0.15, 0.2) is 0 Å². The molecule has 2 rings (SSSR count). The van der Waals surface area contributed by atoms with Gasteiger partial charge in [-0.2, -0.15) is 0 Å². The molecule has 0 aromatic heterocycles. The zero-order chi connectivity index (χ0) is 14.5. The third kappa shape index (κ3) is 5.30. The van der Waals surface area contributed by atoms with Gasteiger partial charge in [0, 0.05) is 13.1 Å². The Bertz CT molecular complexity index is 459. The van der Waals surface area contributed by atoms with Gasteiger partial charge in [-0.3, -0.25) is 4.79 Å². The molecule has 5 heteroatoms. The number of benzene rings is 1. The van der Waals surface area contributed by atoms with Crippen molar-refractivity contribution < 1.29 is 9.53 Å². The van der Waals surface area contributed by atoms with Crippen molar-refractivity contribution in [1.82, 2.24) is 10.6 Å². The second-order valence-corrected chi connectivity index (χ2v) is 5.54. The van der Waals surface area contributed by atoms with Crippen LogP contribution in [0.4, 0.5) is 0 Å². The Balaban J connectivity index is 0.00000220. The smallest absolute Gasteiger partial charge is 0.239 e. The van der Waals surface area contributed by atoms with E-state index in [2.05, 4.69) is 42.7 Å². The summed E-state index contributed by atoms with van der Waals surface area (Å²) < 4.78 is 5.48. The Morgan fingerprint density at radius 3 is 2.62 bits per heavy atom. The van der Waals surface area contributed by atoms with E-state index in [1.54, 1.807) is 0 Å². The zero-order valence-electron chi connectivity index (χ0n) is 12.9. The number of ether oxygens (including phenoxy) is 1. The van der Waals surface area contributed by atoms with Crippen molar-refractivity contribution >= 4 is 18.3 Å². The Morgan fingerprint density at radius 2 is 2.00 bits per heavy atom. The molecular formula is C16H25ClN2O2. The van der Waals surface area contributed by atoms with E-state index in [0.29, 0.717) is 13.2 Å². The molecule has 21 heavy (non-hydrogen) atoms. The summed E-state index contributed by atoms with van der Waals surface area (Å²) in [7, 11) is 0. The minimum absolute atomic E-state index is 0. The van der Waals surface area contributed by atoms with Crippen LogP contribution >= 0.6 is 12.4 Å². The van der Waals surface area contributed by atoms with Gasteiger partial charge in [0.2, 0.25) is 5.91 Å². The number of rotatable bonds is 4. The second-order valence-electron chi connectivity index (χ2n) is 5.54. The van der Waals surface area contributed by atoms with Crippen LogP contribution in [0.2, 0.25) is 0 Å². The van der Waals surface area contributed by atoms with Gasteiger partial charge in [0.25, 0.3) is 0 Å². The van der Waals surface area contributed by atoms with Gasteiger partial charge in [-0.05, 0) is 32.8 Å². The van der Waals surface area contributed by atoms with Crippen molar-refractivity contribution in [3.05, 3.63) is 34.9 Å². The molecular weight excluding hydrogens is 288 g/mol. The van der Waals surface area contributed by atoms with Crippen LogP contribution in [-0.2, 0) is 16.0 Å². The largest absolute Gasteiger partial charge is 0.375 e. The summed E-state index contributed by atoms with van der Waals surface area (Å²) in [4.78, 5) is 12.1. The molecule has 1 saturated heterocycles. The number of hydrogen-bond acceptors (Lipinski definition) is 3. The summed E-state index contributed by atoms with van der Waals surface area (Å²) in [5.74, 6) is 0.0292. The number of halogens is 1. The molecule has 1 fully saturated rings. The Labute approximate surface area is 133 Å². The lowest BCUT2D eigenvalue weighted by Crippen LogP contribution is -2.55. The molecule has 4 nitrogen and oxygen atoms in total. The lowest BCUT2D eigenvalue weighted by molar-refractivity contribution is -0.128. The second kappa shape index (κ2) is 8.37. The highest BCUT2D eigenvalue weighted by Gasteiger charge is 2.27. The molecule has 0 unspecified atom stereocenters. The maximum absolute atomic E-state index is 12.1. The summed E-state index contributed by atoms with van der Waals surface area (Å²) in [5, 5.41) is 6.19. The minimum atomic E-state index is -0.233. The van der Waals surface area contributed by atoms with Crippen molar-refractivity contribution in [2.75, 3.05) is 19.7 Å². The van der Waals surface area contributed by atoms with Gasteiger partial charge in [-0.1, -0.05) is 29.3 Å². The monoisotopic (exact) mass is 312 g/mol. The van der Waals surface area contributed by atoms with Gasteiger partial charge in [-0.15, -0.1) is 12.4 Å². The van der Waals surface area contributed by atoms with Crippen LogP contribution in [0.3, 0.4) is 0 Å². The average molecular weight is 313 g/mol. The van der Waals surface area contributed by atoms with E-state index < -0.39 is 0 Å². The SMILES string of the molecule is Cc1cc(C)cc(CCNC(=O)[C@H]2NCCO[C@@H]2C)c1.Cl. The highest BCUT2D eigenvalue weighted by molar-refractivity contribution is 5.85. The molecule has 0 bridgehead atoms. The molecule has 0 saturated carbocycles. The maximum Gasteiger partial charge on any atom is 0.239 e. The van der Waals surface area contributed by atoms with Gasteiger partial charge < -0.3 is 15.4 Å². The van der Waals surface area contributed by atoms with Crippen LogP contribution in [0.15, 0.2) is 18.2 Å². The first-order valence-electron chi connectivity index (χ1n) is 7.26. The molecule has 1 aromatic rings. The van der Waals surface area contributed by atoms with Crippen LogP contribution in [0.25, 0.3) is 0 Å². The van der Waals surface area contributed by atoms with Crippen LogP contribution in [0.5, 0.6) is 0 Å². The fourth-order valence-electron chi connectivity index (χ4n) is 2.68. The summed E-state index contributed by atoms with van der Waals surface area (Å²) in [6.45, 7) is 8.19. The Morgan fingerprint density at radius 1 is 1.33 bits per heavy atom. The van der Waals surface area contributed by atoms with Crippen LogP contribution < -0.4 is 10.6 Å². The quantitative estimate of drug-likeness (QED) is 0.891. The van der Waals surface area contributed by atoms with Crippen LogP contribution in [-0.4, -0.2) is 37.7 Å². The molecule has 2 atom stereocenters. The first-order chi connectivity index (χ1) is 9.56. The molecule has 0 radical (unpaired) electrons. The van der Waals surface area contributed by atoms with Crippen molar-refractivity contribution in [3.8, 4) is 0 Å². The molecule has 1 aromatic carbocycles. The molecule has 1 heterocycles. The molecule has 0 spiro atoms. The van der Waals surface area contributed by atoms with E-state index in [1.807, 2.05) is 6.92 Å². The number of hydrogen-bond donors (Lipinski definition) is 2. The first kappa shape index (κ1) is 18.0. The van der Waals surface area contributed by atoms with Crippen molar-refractivity contribution in [2.45, 2.75) is 39.3 Å². The fraction of sp³-hybridized carbons (Fsp3) is 0.562. The third-order valence-corrected chi connectivity index (χ3v) is 3.59. The molecule has 1 amide bonds. The predicted octanol–water partition coefficient (Wildman–Crippen LogP) is 1.76. The average Bonchev–Trinajstić information content (AvgIpc) is 2.38. The van der Waals surface area contributed by atoms with Gasteiger partial charge >= 0.3 is 0 Å². The minimum Gasteiger partial charge on any atom is -0.375 e. The van der Waals surface area contributed by atoms with Crippen LogP contribution in [0.1, 0.15) is 23.6 Å². The Hall–Kier alpha value is -1.10. The topological polar surface area (TPSA) is 50.4 Å². The van der Waals surface area contributed by atoms with E-state index in [0.717, 1.165) is 13.0 Å². The van der Waals surface area contributed by atoms with Crippen molar-refractivity contribution in [2.24, 2.45) is 0 Å². The standard InChI is InChI=1S/C16H24N2O2.ClH/c1-11-8-12(2)10-14(9-11)4-5-18-16(19)15-13(3)20-7-6-17-15;/h8-10,13,15,17H,4-7H2,1-3H3,(H,18,19);1H/t13-,15+;/m1./s1. The predicted molar refractivity (Wildman–Crippen MR) is 87.1 cm³/mol.